The summed E-state index contributed by atoms with van der Waals surface area (Å²) in [5.74, 6) is -6.35. The number of rotatable bonds is 4. The van der Waals surface area contributed by atoms with Gasteiger partial charge >= 0.3 is 18.1 Å². The van der Waals surface area contributed by atoms with Crippen molar-refractivity contribution in [2.45, 2.75) is 22.7 Å². The lowest BCUT2D eigenvalue weighted by Crippen LogP contribution is -2.65. The number of thioether (sulfide) groups is 1. The van der Waals surface area contributed by atoms with E-state index in [2.05, 4.69) is 5.32 Å². The smallest absolute Gasteiger partial charge is 0.424 e. The van der Waals surface area contributed by atoms with E-state index in [-0.39, 0.29) is 22.1 Å². The van der Waals surface area contributed by atoms with Crippen molar-refractivity contribution in [3.05, 3.63) is 48.5 Å². The number of anilines is 1. The molecule has 0 fully saturated rings. The van der Waals surface area contributed by atoms with Crippen LogP contribution in [0.15, 0.2) is 53.4 Å². The minimum Gasteiger partial charge on any atom is -0.424 e. The van der Waals surface area contributed by atoms with Crippen molar-refractivity contribution in [1.82, 2.24) is 5.32 Å². The van der Waals surface area contributed by atoms with Crippen LogP contribution in [-0.4, -0.2) is 23.9 Å². The number of carbonyl (C=O) groups excluding carboxylic acids is 1. The van der Waals surface area contributed by atoms with Crippen LogP contribution < -0.4 is 20.1 Å². The van der Waals surface area contributed by atoms with Gasteiger partial charge in [-0.15, -0.1) is 0 Å². The third kappa shape index (κ3) is 4.18. The minimum absolute atomic E-state index is 0.0963. The number of hydrogen-bond donors (Lipinski definition) is 2. The van der Waals surface area contributed by atoms with E-state index < -0.39 is 23.9 Å². The van der Waals surface area contributed by atoms with Gasteiger partial charge in [-0.25, -0.2) is 4.79 Å². The van der Waals surface area contributed by atoms with E-state index in [0.29, 0.717) is 11.8 Å². The van der Waals surface area contributed by atoms with Gasteiger partial charge in [0.1, 0.15) is 0 Å². The van der Waals surface area contributed by atoms with Gasteiger partial charge in [-0.05, 0) is 36.4 Å². The number of fused-ring (bicyclic) bond motifs is 1. The van der Waals surface area contributed by atoms with Gasteiger partial charge in [0, 0.05) is 10.6 Å². The number of hydrogen-bond acceptors (Lipinski definition) is 4. The van der Waals surface area contributed by atoms with Crippen LogP contribution in [0.25, 0.3) is 0 Å². The number of urea groups is 1. The van der Waals surface area contributed by atoms with Gasteiger partial charge in [0.25, 0.3) is 5.76 Å². The predicted molar refractivity (Wildman–Crippen MR) is 86.9 cm³/mol. The second kappa shape index (κ2) is 7.14. The summed E-state index contributed by atoms with van der Waals surface area (Å²) >= 11 is 0.297. The van der Waals surface area contributed by atoms with Gasteiger partial charge in [0.05, 0.1) is 0 Å². The molecule has 3 rings (SSSR count). The Morgan fingerprint density at radius 1 is 1.00 bits per heavy atom. The highest BCUT2D eigenvalue weighted by molar-refractivity contribution is 7.99. The quantitative estimate of drug-likeness (QED) is 0.565. The zero-order valence-corrected chi connectivity index (χ0v) is 14.0. The Morgan fingerprint density at radius 3 is 2.04 bits per heavy atom. The topological polar surface area (TPSA) is 59.6 Å². The molecule has 0 aromatic heterocycles. The van der Waals surface area contributed by atoms with E-state index in [1.165, 1.54) is 48.5 Å². The van der Waals surface area contributed by atoms with Gasteiger partial charge in [0.15, 0.2) is 11.5 Å². The maximum absolute atomic E-state index is 13.5. The highest BCUT2D eigenvalue weighted by Gasteiger charge is 2.65. The number of ether oxygens (including phenoxy) is 2. The van der Waals surface area contributed by atoms with E-state index in [9.17, 15) is 26.7 Å². The average molecular weight is 406 g/mol. The average Bonchev–Trinajstić information content (AvgIpc) is 2.95. The second-order valence-corrected chi connectivity index (χ2v) is 6.31. The maximum atomic E-state index is 13.5. The van der Waals surface area contributed by atoms with Crippen LogP contribution in [0.3, 0.4) is 0 Å². The first-order valence-electron chi connectivity index (χ1n) is 7.36. The summed E-state index contributed by atoms with van der Waals surface area (Å²) in [7, 11) is 0. The summed E-state index contributed by atoms with van der Waals surface area (Å²) in [6.45, 7) is 0. The maximum Gasteiger partial charge on any atom is 0.492 e. The molecule has 0 saturated carbocycles. The lowest BCUT2D eigenvalue weighted by Gasteiger charge is -2.29. The third-order valence-corrected chi connectivity index (χ3v) is 4.07. The molecule has 0 radical (unpaired) electrons. The molecular weight excluding hydrogens is 395 g/mol. The molecule has 144 valence electrons. The van der Waals surface area contributed by atoms with E-state index in [1.807, 2.05) is 0 Å². The van der Waals surface area contributed by atoms with Gasteiger partial charge in [-0.2, -0.15) is 22.0 Å². The normalized spacial score (nSPS) is 14.9. The molecule has 5 nitrogen and oxygen atoms in total. The minimum atomic E-state index is -5.08. The Labute approximate surface area is 153 Å². The van der Waals surface area contributed by atoms with E-state index in [1.54, 1.807) is 5.32 Å². The van der Waals surface area contributed by atoms with Crippen LogP contribution in [0.1, 0.15) is 0 Å². The van der Waals surface area contributed by atoms with Crippen LogP contribution in [0.5, 0.6) is 11.5 Å². The molecular formula is C16H11F5N2O3S. The zero-order valence-electron chi connectivity index (χ0n) is 13.2. The molecule has 0 aliphatic carbocycles. The monoisotopic (exact) mass is 406 g/mol. The van der Waals surface area contributed by atoms with Crippen molar-refractivity contribution in [2.75, 3.05) is 5.32 Å². The fourth-order valence-electron chi connectivity index (χ4n) is 2.22. The molecule has 1 heterocycles. The lowest BCUT2D eigenvalue weighted by molar-refractivity contribution is -0.317. The van der Waals surface area contributed by atoms with E-state index in [4.69, 9.17) is 9.47 Å². The molecule has 2 aromatic rings. The third-order valence-electron chi connectivity index (χ3n) is 3.35. The highest BCUT2D eigenvalue weighted by Crippen LogP contribution is 2.44. The lowest BCUT2D eigenvalue weighted by atomic mass is 10.3. The first kappa shape index (κ1) is 19.1. The number of halogens is 5. The van der Waals surface area contributed by atoms with Gasteiger partial charge in [-0.3, -0.25) is 5.32 Å². The van der Waals surface area contributed by atoms with Crippen molar-refractivity contribution in [3.8, 4) is 11.5 Å². The zero-order chi connectivity index (χ0) is 19.7. The molecule has 0 spiro atoms. The first-order valence-corrected chi connectivity index (χ1v) is 8.24. The number of amides is 2. The SMILES string of the molecule is O=C(Nc1ccc(SC(F)F)cc1)NC1(C(F)(F)F)Oc2ccccc2O1. The molecule has 2 N–H and O–H groups in total. The van der Waals surface area contributed by atoms with Gasteiger partial charge in [0.2, 0.25) is 0 Å². The number of alkyl halides is 5. The highest BCUT2D eigenvalue weighted by atomic mass is 32.2. The summed E-state index contributed by atoms with van der Waals surface area (Å²) < 4.78 is 74.7. The van der Waals surface area contributed by atoms with Crippen molar-refractivity contribution < 1.29 is 36.2 Å². The van der Waals surface area contributed by atoms with Crippen LogP contribution in [0, 0.1) is 0 Å². The van der Waals surface area contributed by atoms with Crippen LogP contribution in [0.2, 0.25) is 0 Å². The molecule has 11 heteroatoms. The Balaban J connectivity index is 1.71. The van der Waals surface area contributed by atoms with Gasteiger partial charge < -0.3 is 14.8 Å². The molecule has 0 unspecified atom stereocenters. The second-order valence-electron chi connectivity index (χ2n) is 5.25. The summed E-state index contributed by atoms with van der Waals surface area (Å²) in [4.78, 5) is 12.3. The largest absolute Gasteiger partial charge is 0.492 e. The molecule has 1 aliphatic heterocycles. The predicted octanol–water partition coefficient (Wildman–Crippen LogP) is 4.81. The molecule has 1 aliphatic rings. The fourth-order valence-corrected chi connectivity index (χ4v) is 2.72. The first-order chi connectivity index (χ1) is 12.7. The van der Waals surface area contributed by atoms with Crippen molar-refractivity contribution in [3.63, 3.8) is 0 Å². The fraction of sp³-hybridized carbons (Fsp3) is 0.188. The summed E-state index contributed by atoms with van der Waals surface area (Å²) in [5, 5.41) is 3.80. The molecule has 0 saturated heterocycles. The van der Waals surface area contributed by atoms with Crippen molar-refractivity contribution >= 4 is 23.5 Å². The number of para-hydroxylation sites is 2. The Morgan fingerprint density at radius 2 is 1.56 bits per heavy atom. The molecule has 0 bridgehead atoms. The van der Waals surface area contributed by atoms with E-state index in [0.717, 1.165) is 0 Å². The molecule has 2 amide bonds. The summed E-state index contributed by atoms with van der Waals surface area (Å²) in [5.41, 5.74) is 0.0963. The van der Waals surface area contributed by atoms with Crippen LogP contribution >= 0.6 is 11.8 Å². The summed E-state index contributed by atoms with van der Waals surface area (Å²) in [6, 6.07) is 9.32. The van der Waals surface area contributed by atoms with Crippen molar-refractivity contribution in [1.29, 1.82) is 0 Å². The molecule has 0 atom stereocenters. The van der Waals surface area contributed by atoms with Crippen LogP contribution in [0.4, 0.5) is 32.4 Å². The van der Waals surface area contributed by atoms with Gasteiger partial charge in [-0.1, -0.05) is 23.9 Å². The number of nitrogens with one attached hydrogen (secondary N) is 2. The Kier molecular flexibility index (Phi) is 5.05. The Hall–Kier alpha value is -2.69. The van der Waals surface area contributed by atoms with E-state index >= 15 is 0 Å². The number of carbonyl (C=O) groups is 1. The Bertz CT molecular complexity index is 805. The number of benzene rings is 2. The molecule has 27 heavy (non-hydrogen) atoms. The van der Waals surface area contributed by atoms with Crippen LogP contribution in [-0.2, 0) is 0 Å². The van der Waals surface area contributed by atoms with Crippen molar-refractivity contribution in [2.24, 2.45) is 0 Å². The molecule has 2 aromatic carbocycles. The summed E-state index contributed by atoms with van der Waals surface area (Å²) in [6.07, 6.45) is -5.08. The standard InChI is InChI=1S/C16H11F5N2O3S/c17-13(18)27-10-7-5-9(6-8-10)22-14(24)23-16(15(19,20)21)25-11-3-1-2-4-12(11)26-16/h1-8,13H,(H2,22,23,24).